The Bertz CT molecular complexity index is 203. The molecule has 0 aromatic heterocycles. The molecule has 4 heteroatoms. The second kappa shape index (κ2) is 4.74. The molecule has 2 heterocycles. The molecule has 2 rings (SSSR count). The number of nitrogens with zero attached hydrogens (tertiary/aromatic N) is 1. The summed E-state index contributed by atoms with van der Waals surface area (Å²) in [6.07, 6.45) is 4.19. The van der Waals surface area contributed by atoms with Gasteiger partial charge in [-0.15, -0.1) is 0 Å². The summed E-state index contributed by atoms with van der Waals surface area (Å²) >= 11 is 0. The highest BCUT2D eigenvalue weighted by atomic mass is 19.3. The van der Waals surface area contributed by atoms with Crippen LogP contribution in [0.4, 0.5) is 8.78 Å². The molecule has 0 aromatic rings. The summed E-state index contributed by atoms with van der Waals surface area (Å²) in [4.78, 5) is 1.92. The topological polar surface area (TPSA) is 15.3 Å². The average molecular weight is 218 g/mol. The maximum atomic E-state index is 13.1. The monoisotopic (exact) mass is 218 g/mol. The van der Waals surface area contributed by atoms with Crippen molar-refractivity contribution in [2.24, 2.45) is 0 Å². The van der Waals surface area contributed by atoms with Crippen LogP contribution >= 0.6 is 0 Å². The molecule has 2 aliphatic heterocycles. The van der Waals surface area contributed by atoms with Crippen molar-refractivity contribution in [3.05, 3.63) is 0 Å². The molecule has 1 N–H and O–H groups in total. The Morgan fingerprint density at radius 1 is 1.33 bits per heavy atom. The van der Waals surface area contributed by atoms with Crippen LogP contribution in [-0.2, 0) is 0 Å². The van der Waals surface area contributed by atoms with E-state index in [0.717, 1.165) is 26.1 Å². The van der Waals surface area contributed by atoms with Crippen LogP contribution in [-0.4, -0.2) is 43.0 Å². The van der Waals surface area contributed by atoms with Crippen molar-refractivity contribution in [2.75, 3.05) is 26.2 Å². The molecule has 2 fully saturated rings. The highest BCUT2D eigenvalue weighted by Gasteiger charge is 2.34. The quantitative estimate of drug-likeness (QED) is 0.778. The van der Waals surface area contributed by atoms with Gasteiger partial charge in [0.2, 0.25) is 0 Å². The number of piperidine rings is 1. The molecule has 0 amide bonds. The lowest BCUT2D eigenvalue weighted by atomic mass is 10.1. The molecule has 1 unspecified atom stereocenters. The van der Waals surface area contributed by atoms with Gasteiger partial charge in [0.15, 0.2) is 0 Å². The Morgan fingerprint density at radius 3 is 2.87 bits per heavy atom. The third-order valence-corrected chi connectivity index (χ3v) is 3.43. The van der Waals surface area contributed by atoms with Crippen LogP contribution in [0.15, 0.2) is 0 Å². The summed E-state index contributed by atoms with van der Waals surface area (Å²) in [5, 5.41) is 3.40. The maximum Gasteiger partial charge on any atom is 0.260 e. The van der Waals surface area contributed by atoms with Crippen molar-refractivity contribution in [3.8, 4) is 0 Å². The Morgan fingerprint density at radius 2 is 2.20 bits per heavy atom. The van der Waals surface area contributed by atoms with E-state index in [9.17, 15) is 8.78 Å². The van der Waals surface area contributed by atoms with E-state index >= 15 is 0 Å². The number of rotatable bonds is 3. The molecule has 0 radical (unpaired) electrons. The normalized spacial score (nSPS) is 32.0. The van der Waals surface area contributed by atoms with E-state index in [-0.39, 0.29) is 13.0 Å². The molecule has 2 nitrogen and oxygen atoms in total. The third kappa shape index (κ3) is 3.38. The lowest BCUT2D eigenvalue weighted by Gasteiger charge is -2.32. The molecule has 2 aliphatic rings. The van der Waals surface area contributed by atoms with Crippen LogP contribution in [0.5, 0.6) is 0 Å². The van der Waals surface area contributed by atoms with Gasteiger partial charge in [-0.25, -0.2) is 8.78 Å². The van der Waals surface area contributed by atoms with E-state index < -0.39 is 5.92 Å². The molecule has 1 atom stereocenters. The lowest BCUT2D eigenvalue weighted by molar-refractivity contribution is -0.0643. The minimum Gasteiger partial charge on any atom is -0.314 e. The fourth-order valence-corrected chi connectivity index (χ4v) is 2.58. The summed E-state index contributed by atoms with van der Waals surface area (Å²) in [6, 6.07) is 0.570. The van der Waals surface area contributed by atoms with Crippen molar-refractivity contribution < 1.29 is 8.78 Å². The Kier molecular flexibility index (Phi) is 3.57. The minimum atomic E-state index is -2.44. The summed E-state index contributed by atoms with van der Waals surface area (Å²) < 4.78 is 26.2. The van der Waals surface area contributed by atoms with Gasteiger partial charge in [-0.3, -0.25) is 4.90 Å². The van der Waals surface area contributed by atoms with Gasteiger partial charge in [-0.2, -0.15) is 0 Å². The number of hydrogen-bond donors (Lipinski definition) is 1. The largest absolute Gasteiger partial charge is 0.314 e. The molecule has 0 aromatic carbocycles. The molecule has 0 aliphatic carbocycles. The zero-order valence-electron chi connectivity index (χ0n) is 9.14. The number of hydrogen-bond acceptors (Lipinski definition) is 2. The first-order valence-corrected chi connectivity index (χ1v) is 5.99. The van der Waals surface area contributed by atoms with Gasteiger partial charge in [-0.1, -0.05) is 0 Å². The van der Waals surface area contributed by atoms with Crippen LogP contribution in [0.25, 0.3) is 0 Å². The van der Waals surface area contributed by atoms with E-state index in [1.165, 1.54) is 12.8 Å². The minimum absolute atomic E-state index is 0.0281. The Balaban J connectivity index is 1.69. The van der Waals surface area contributed by atoms with Crippen molar-refractivity contribution in [1.82, 2.24) is 10.2 Å². The highest BCUT2D eigenvalue weighted by molar-refractivity contribution is 4.81. The van der Waals surface area contributed by atoms with Crippen LogP contribution in [0, 0.1) is 0 Å². The average Bonchev–Trinajstić information content (AvgIpc) is 2.65. The number of likely N-dealkylation sites (tertiary alicyclic amines) is 1. The third-order valence-electron chi connectivity index (χ3n) is 3.43. The Hall–Kier alpha value is -0.220. The van der Waals surface area contributed by atoms with Crippen molar-refractivity contribution in [3.63, 3.8) is 0 Å². The SMILES string of the molecule is FC1(F)CCCN(CCC2CCCN2)C1. The van der Waals surface area contributed by atoms with Crippen molar-refractivity contribution in [1.29, 1.82) is 0 Å². The van der Waals surface area contributed by atoms with Crippen LogP contribution in [0.1, 0.15) is 32.1 Å². The van der Waals surface area contributed by atoms with Crippen molar-refractivity contribution in [2.45, 2.75) is 44.1 Å². The first-order chi connectivity index (χ1) is 7.16. The van der Waals surface area contributed by atoms with E-state index in [1.54, 1.807) is 0 Å². The molecular formula is C11H20F2N2. The van der Waals surface area contributed by atoms with E-state index in [2.05, 4.69) is 5.32 Å². The molecule has 0 bridgehead atoms. The van der Waals surface area contributed by atoms with Crippen LogP contribution < -0.4 is 5.32 Å². The predicted octanol–water partition coefficient (Wildman–Crippen LogP) is 1.86. The zero-order valence-corrected chi connectivity index (χ0v) is 9.14. The lowest BCUT2D eigenvalue weighted by Crippen LogP contribution is -2.44. The standard InChI is InChI=1S/C11H20F2N2/c12-11(13)5-2-7-15(9-11)8-4-10-3-1-6-14-10/h10,14H,1-9H2. The molecule has 88 valence electrons. The van der Waals surface area contributed by atoms with Crippen LogP contribution in [0.3, 0.4) is 0 Å². The van der Waals surface area contributed by atoms with Gasteiger partial charge in [0.05, 0.1) is 6.54 Å². The van der Waals surface area contributed by atoms with Gasteiger partial charge in [0, 0.05) is 12.5 Å². The van der Waals surface area contributed by atoms with Crippen molar-refractivity contribution >= 4 is 0 Å². The van der Waals surface area contributed by atoms with E-state index in [4.69, 9.17) is 0 Å². The summed E-state index contributed by atoms with van der Waals surface area (Å²) in [7, 11) is 0. The summed E-state index contributed by atoms with van der Waals surface area (Å²) in [6.45, 7) is 2.75. The zero-order chi connectivity index (χ0) is 10.7. The highest BCUT2D eigenvalue weighted by Crippen LogP contribution is 2.26. The second-order valence-electron chi connectivity index (χ2n) is 4.82. The van der Waals surface area contributed by atoms with Gasteiger partial charge in [-0.05, 0) is 45.3 Å². The summed E-state index contributed by atoms with van der Waals surface area (Å²) in [5.41, 5.74) is 0. The first kappa shape index (κ1) is 11.3. The van der Waals surface area contributed by atoms with Crippen LogP contribution in [0.2, 0.25) is 0 Å². The molecule has 2 saturated heterocycles. The van der Waals surface area contributed by atoms with Gasteiger partial charge < -0.3 is 5.32 Å². The maximum absolute atomic E-state index is 13.1. The number of halogens is 2. The number of nitrogens with one attached hydrogen (secondary N) is 1. The fourth-order valence-electron chi connectivity index (χ4n) is 2.58. The van der Waals surface area contributed by atoms with E-state index in [1.807, 2.05) is 4.90 Å². The van der Waals surface area contributed by atoms with Gasteiger partial charge in [0.1, 0.15) is 0 Å². The number of alkyl halides is 2. The van der Waals surface area contributed by atoms with Gasteiger partial charge >= 0.3 is 0 Å². The molecule has 15 heavy (non-hydrogen) atoms. The molecular weight excluding hydrogens is 198 g/mol. The van der Waals surface area contributed by atoms with Gasteiger partial charge in [0.25, 0.3) is 5.92 Å². The smallest absolute Gasteiger partial charge is 0.260 e. The summed E-state index contributed by atoms with van der Waals surface area (Å²) in [5.74, 6) is -2.44. The fraction of sp³-hybridized carbons (Fsp3) is 1.00. The molecule has 0 saturated carbocycles. The predicted molar refractivity (Wildman–Crippen MR) is 56.3 cm³/mol. The first-order valence-electron chi connectivity index (χ1n) is 5.99. The van der Waals surface area contributed by atoms with E-state index in [0.29, 0.717) is 12.5 Å². The molecule has 0 spiro atoms. The Labute approximate surface area is 90.0 Å². The second-order valence-corrected chi connectivity index (χ2v) is 4.82.